The van der Waals surface area contributed by atoms with E-state index in [2.05, 4.69) is 10.3 Å². The van der Waals surface area contributed by atoms with Crippen LogP contribution in [0.4, 0.5) is 0 Å². The van der Waals surface area contributed by atoms with Gasteiger partial charge >= 0.3 is 0 Å². The topological polar surface area (TPSA) is 72.4 Å². The summed E-state index contributed by atoms with van der Waals surface area (Å²) in [4.78, 5) is 15.6. The molecule has 0 atom stereocenters. The first-order chi connectivity index (χ1) is 8.29. The number of nitrogens with one attached hydrogen (secondary N) is 1. The molecule has 2 heterocycles. The normalized spacial score (nSPS) is 10.6. The molecule has 2 aromatic heterocycles. The second-order valence-electron chi connectivity index (χ2n) is 3.84. The van der Waals surface area contributed by atoms with Crippen molar-refractivity contribution >= 4 is 11.6 Å². The van der Waals surface area contributed by atoms with E-state index < -0.39 is 0 Å². The number of carbonyl (C=O) groups excluding carboxylic acids is 1. The predicted octanol–water partition coefficient (Wildman–Crippen LogP) is 0.342. The van der Waals surface area contributed by atoms with Gasteiger partial charge in [-0.15, -0.1) is 0 Å². The Hall–Kier alpha value is -1.88. The number of carbonyl (C=O) groups is 1. The van der Waals surface area contributed by atoms with Crippen molar-refractivity contribution in [2.24, 2.45) is 5.73 Å². The molecule has 2 aromatic rings. The smallest absolute Gasteiger partial charge is 0.221 e. The van der Waals surface area contributed by atoms with E-state index in [1.165, 1.54) is 0 Å². The number of nitrogens with two attached hydrogens (primary N) is 1. The first-order valence-electron chi connectivity index (χ1n) is 5.69. The summed E-state index contributed by atoms with van der Waals surface area (Å²) in [7, 11) is 0. The Kier molecular flexibility index (Phi) is 3.72. The van der Waals surface area contributed by atoms with Gasteiger partial charge in [0.15, 0.2) is 0 Å². The van der Waals surface area contributed by atoms with E-state index >= 15 is 0 Å². The van der Waals surface area contributed by atoms with Crippen LogP contribution in [0.15, 0.2) is 30.6 Å². The molecule has 1 amide bonds. The standard InChI is InChI=1S/C12H16N4O/c13-6-4-12(17)14-7-5-10-9-16-8-2-1-3-11(16)15-10/h1-3,8-9H,4-7,13H2,(H,14,17). The molecule has 2 rings (SSSR count). The number of pyridine rings is 1. The molecule has 5 heteroatoms. The van der Waals surface area contributed by atoms with Crippen LogP contribution >= 0.6 is 0 Å². The highest BCUT2D eigenvalue weighted by atomic mass is 16.1. The first-order valence-corrected chi connectivity index (χ1v) is 5.69. The van der Waals surface area contributed by atoms with Crippen molar-refractivity contribution in [3.05, 3.63) is 36.3 Å². The van der Waals surface area contributed by atoms with Crippen molar-refractivity contribution in [1.82, 2.24) is 14.7 Å². The monoisotopic (exact) mass is 232 g/mol. The first kappa shape index (κ1) is 11.6. The van der Waals surface area contributed by atoms with Crippen LogP contribution in [-0.4, -0.2) is 28.4 Å². The third-order valence-corrected chi connectivity index (χ3v) is 2.49. The van der Waals surface area contributed by atoms with Gasteiger partial charge < -0.3 is 15.5 Å². The maximum atomic E-state index is 11.2. The average Bonchev–Trinajstić information content (AvgIpc) is 2.71. The van der Waals surface area contributed by atoms with Crippen LogP contribution in [-0.2, 0) is 11.2 Å². The number of aromatic nitrogens is 2. The molecule has 0 fully saturated rings. The molecule has 0 aromatic carbocycles. The maximum Gasteiger partial charge on any atom is 0.221 e. The summed E-state index contributed by atoms with van der Waals surface area (Å²) in [5.74, 6) is -0.00346. The Balaban J connectivity index is 1.89. The van der Waals surface area contributed by atoms with E-state index in [-0.39, 0.29) is 5.91 Å². The molecular weight excluding hydrogens is 216 g/mol. The van der Waals surface area contributed by atoms with E-state index in [1.807, 2.05) is 35.0 Å². The van der Waals surface area contributed by atoms with E-state index in [0.717, 1.165) is 17.8 Å². The van der Waals surface area contributed by atoms with E-state index in [9.17, 15) is 4.79 Å². The molecular formula is C12H16N4O. The summed E-state index contributed by atoms with van der Waals surface area (Å²) in [5, 5.41) is 2.81. The quantitative estimate of drug-likeness (QED) is 0.781. The zero-order valence-corrected chi connectivity index (χ0v) is 9.60. The van der Waals surface area contributed by atoms with Gasteiger partial charge in [-0.2, -0.15) is 0 Å². The number of amides is 1. The lowest BCUT2D eigenvalue weighted by molar-refractivity contribution is -0.120. The molecule has 0 unspecified atom stereocenters. The summed E-state index contributed by atoms with van der Waals surface area (Å²) >= 11 is 0. The van der Waals surface area contributed by atoms with Crippen molar-refractivity contribution in [3.63, 3.8) is 0 Å². The van der Waals surface area contributed by atoms with Gasteiger partial charge in [0.05, 0.1) is 5.69 Å². The largest absolute Gasteiger partial charge is 0.356 e. The zero-order valence-electron chi connectivity index (χ0n) is 9.60. The fraction of sp³-hybridized carbons (Fsp3) is 0.333. The minimum atomic E-state index is -0.00346. The lowest BCUT2D eigenvalue weighted by Crippen LogP contribution is -2.27. The molecule has 17 heavy (non-hydrogen) atoms. The number of nitrogens with zero attached hydrogens (tertiary/aromatic N) is 2. The van der Waals surface area contributed by atoms with Gasteiger partial charge in [0.2, 0.25) is 5.91 Å². The van der Waals surface area contributed by atoms with E-state index in [1.54, 1.807) is 0 Å². The lowest BCUT2D eigenvalue weighted by atomic mass is 10.3. The lowest BCUT2D eigenvalue weighted by Gasteiger charge is -2.01. The molecule has 90 valence electrons. The predicted molar refractivity (Wildman–Crippen MR) is 65.6 cm³/mol. The number of rotatable bonds is 5. The summed E-state index contributed by atoms with van der Waals surface area (Å²) in [6.07, 6.45) is 5.05. The number of hydrogen-bond acceptors (Lipinski definition) is 3. The van der Waals surface area contributed by atoms with Gasteiger partial charge in [0.1, 0.15) is 5.65 Å². The van der Waals surface area contributed by atoms with Crippen LogP contribution < -0.4 is 11.1 Å². The minimum absolute atomic E-state index is 0.00346. The Morgan fingerprint density at radius 2 is 2.35 bits per heavy atom. The average molecular weight is 232 g/mol. The highest BCUT2D eigenvalue weighted by molar-refractivity contribution is 5.75. The van der Waals surface area contributed by atoms with Crippen LogP contribution in [0.1, 0.15) is 12.1 Å². The summed E-state index contributed by atoms with van der Waals surface area (Å²) in [6.45, 7) is 0.989. The summed E-state index contributed by atoms with van der Waals surface area (Å²) < 4.78 is 1.97. The number of fused-ring (bicyclic) bond motifs is 1. The van der Waals surface area contributed by atoms with Gasteiger partial charge in [-0.1, -0.05) is 6.07 Å². The Morgan fingerprint density at radius 3 is 3.12 bits per heavy atom. The van der Waals surface area contributed by atoms with Crippen LogP contribution in [0.25, 0.3) is 5.65 Å². The molecule has 0 bridgehead atoms. The van der Waals surface area contributed by atoms with Gasteiger partial charge in [0, 0.05) is 38.3 Å². The van der Waals surface area contributed by atoms with Crippen LogP contribution in [0.2, 0.25) is 0 Å². The molecule has 0 spiro atoms. The summed E-state index contributed by atoms with van der Waals surface area (Å²) in [6, 6.07) is 5.87. The SMILES string of the molecule is NCCC(=O)NCCc1cn2ccccc2n1. The van der Waals surface area contributed by atoms with Crippen molar-refractivity contribution < 1.29 is 4.79 Å². The molecule has 0 saturated carbocycles. The Labute approximate surface area is 99.6 Å². The Bertz CT molecular complexity index is 473. The van der Waals surface area contributed by atoms with Gasteiger partial charge in [-0.3, -0.25) is 4.79 Å². The molecule has 0 aliphatic rings. The zero-order chi connectivity index (χ0) is 12.1. The van der Waals surface area contributed by atoms with E-state index in [0.29, 0.717) is 19.5 Å². The van der Waals surface area contributed by atoms with Crippen LogP contribution in [0, 0.1) is 0 Å². The molecule has 0 saturated heterocycles. The third kappa shape index (κ3) is 3.04. The fourth-order valence-corrected chi connectivity index (χ4v) is 1.66. The number of hydrogen-bond donors (Lipinski definition) is 2. The minimum Gasteiger partial charge on any atom is -0.356 e. The Morgan fingerprint density at radius 1 is 1.47 bits per heavy atom. The van der Waals surface area contributed by atoms with Gasteiger partial charge in [-0.25, -0.2) is 4.98 Å². The van der Waals surface area contributed by atoms with Crippen molar-refractivity contribution in [2.75, 3.05) is 13.1 Å². The van der Waals surface area contributed by atoms with Gasteiger partial charge in [-0.05, 0) is 12.1 Å². The number of imidazole rings is 1. The second-order valence-corrected chi connectivity index (χ2v) is 3.84. The van der Waals surface area contributed by atoms with Crippen molar-refractivity contribution in [2.45, 2.75) is 12.8 Å². The van der Waals surface area contributed by atoms with Gasteiger partial charge in [0.25, 0.3) is 0 Å². The van der Waals surface area contributed by atoms with Crippen LogP contribution in [0.5, 0.6) is 0 Å². The summed E-state index contributed by atoms with van der Waals surface area (Å²) in [5.41, 5.74) is 7.19. The fourth-order valence-electron chi connectivity index (χ4n) is 1.66. The third-order valence-electron chi connectivity index (χ3n) is 2.49. The molecule has 0 radical (unpaired) electrons. The molecule has 0 aliphatic carbocycles. The van der Waals surface area contributed by atoms with Crippen LogP contribution in [0.3, 0.4) is 0 Å². The molecule has 5 nitrogen and oxygen atoms in total. The highest BCUT2D eigenvalue weighted by Gasteiger charge is 2.02. The van der Waals surface area contributed by atoms with Crippen molar-refractivity contribution in [3.8, 4) is 0 Å². The van der Waals surface area contributed by atoms with Crippen molar-refractivity contribution in [1.29, 1.82) is 0 Å². The molecule has 3 N–H and O–H groups in total. The van der Waals surface area contributed by atoms with E-state index in [4.69, 9.17) is 5.73 Å². The second kappa shape index (κ2) is 5.45. The molecule has 0 aliphatic heterocycles. The maximum absolute atomic E-state index is 11.2. The highest BCUT2D eigenvalue weighted by Crippen LogP contribution is 2.04.